The summed E-state index contributed by atoms with van der Waals surface area (Å²) in [5.41, 5.74) is -0.364. The molecule has 1 unspecified atom stereocenters. The van der Waals surface area contributed by atoms with Crippen LogP contribution in [0.3, 0.4) is 0 Å². The Morgan fingerprint density at radius 3 is 2.15 bits per heavy atom. The third kappa shape index (κ3) is 2.56. The molecular formula is C16H15F3O. The molecule has 1 N–H and O–H groups in total. The van der Waals surface area contributed by atoms with Gasteiger partial charge in [-0.2, -0.15) is 0 Å². The lowest BCUT2D eigenvalue weighted by atomic mass is 9.76. The van der Waals surface area contributed by atoms with Crippen molar-refractivity contribution in [1.82, 2.24) is 0 Å². The standard InChI is InChI=1S/C16H15F3O/c1-16(2,10-6-8-11(17)9-7-10)15(20)12-4-3-5-13(18)14(12)19/h3-9,15,20H,1-2H3. The first-order valence-corrected chi connectivity index (χ1v) is 6.22. The second kappa shape index (κ2) is 5.29. The van der Waals surface area contributed by atoms with Crippen LogP contribution in [-0.4, -0.2) is 5.11 Å². The Hall–Kier alpha value is -1.81. The predicted octanol–water partition coefficient (Wildman–Crippen LogP) is 4.12. The number of hydrogen-bond acceptors (Lipinski definition) is 1. The maximum absolute atomic E-state index is 13.8. The van der Waals surface area contributed by atoms with Crippen LogP contribution in [0, 0.1) is 17.5 Å². The van der Waals surface area contributed by atoms with E-state index in [4.69, 9.17) is 0 Å². The third-order valence-corrected chi connectivity index (χ3v) is 3.55. The fraction of sp³-hybridized carbons (Fsp3) is 0.250. The van der Waals surface area contributed by atoms with Crippen LogP contribution in [0.4, 0.5) is 13.2 Å². The van der Waals surface area contributed by atoms with E-state index in [2.05, 4.69) is 0 Å². The van der Waals surface area contributed by atoms with E-state index < -0.39 is 29.0 Å². The zero-order valence-electron chi connectivity index (χ0n) is 11.2. The van der Waals surface area contributed by atoms with E-state index in [9.17, 15) is 18.3 Å². The lowest BCUT2D eigenvalue weighted by molar-refractivity contribution is 0.0957. The average molecular weight is 280 g/mol. The van der Waals surface area contributed by atoms with E-state index in [1.807, 2.05) is 0 Å². The predicted molar refractivity (Wildman–Crippen MR) is 70.7 cm³/mol. The summed E-state index contributed by atoms with van der Waals surface area (Å²) in [4.78, 5) is 0. The molecule has 106 valence electrons. The van der Waals surface area contributed by atoms with Crippen LogP contribution < -0.4 is 0 Å². The number of benzene rings is 2. The number of halogens is 3. The Labute approximate surface area is 115 Å². The number of rotatable bonds is 3. The SMILES string of the molecule is CC(C)(c1ccc(F)cc1)C(O)c1cccc(F)c1F. The lowest BCUT2D eigenvalue weighted by Gasteiger charge is -2.31. The maximum Gasteiger partial charge on any atom is 0.164 e. The monoisotopic (exact) mass is 280 g/mol. The molecule has 2 aromatic rings. The summed E-state index contributed by atoms with van der Waals surface area (Å²) in [6.45, 7) is 3.38. The van der Waals surface area contributed by atoms with Crippen molar-refractivity contribution in [3.63, 3.8) is 0 Å². The van der Waals surface area contributed by atoms with Gasteiger partial charge in [0.1, 0.15) is 5.82 Å². The fourth-order valence-electron chi connectivity index (χ4n) is 2.16. The number of hydrogen-bond donors (Lipinski definition) is 1. The Morgan fingerprint density at radius 1 is 0.950 bits per heavy atom. The molecule has 1 nitrogen and oxygen atoms in total. The number of aliphatic hydroxyl groups is 1. The molecule has 20 heavy (non-hydrogen) atoms. The Bertz CT molecular complexity index is 606. The molecule has 0 amide bonds. The summed E-state index contributed by atoms with van der Waals surface area (Å²) in [5.74, 6) is -2.46. The van der Waals surface area contributed by atoms with Gasteiger partial charge in [0, 0.05) is 11.0 Å². The molecule has 2 rings (SSSR count). The van der Waals surface area contributed by atoms with E-state index in [0.29, 0.717) is 5.56 Å². The van der Waals surface area contributed by atoms with Crippen LogP contribution in [0.1, 0.15) is 31.1 Å². The minimum absolute atomic E-state index is 0.112. The van der Waals surface area contributed by atoms with Crippen molar-refractivity contribution in [3.05, 3.63) is 71.0 Å². The molecule has 0 bridgehead atoms. The first-order valence-electron chi connectivity index (χ1n) is 6.22. The van der Waals surface area contributed by atoms with Crippen molar-refractivity contribution < 1.29 is 18.3 Å². The molecule has 0 aromatic heterocycles. The molecule has 0 saturated carbocycles. The van der Waals surface area contributed by atoms with Gasteiger partial charge in [-0.1, -0.05) is 38.1 Å². The molecule has 0 radical (unpaired) electrons. The van der Waals surface area contributed by atoms with E-state index >= 15 is 0 Å². The van der Waals surface area contributed by atoms with Crippen molar-refractivity contribution in [3.8, 4) is 0 Å². The van der Waals surface area contributed by atoms with Crippen LogP contribution in [0.5, 0.6) is 0 Å². The van der Waals surface area contributed by atoms with Gasteiger partial charge in [0.25, 0.3) is 0 Å². The molecule has 0 aliphatic heterocycles. The van der Waals surface area contributed by atoms with Gasteiger partial charge in [0.15, 0.2) is 11.6 Å². The summed E-state index contributed by atoms with van der Waals surface area (Å²) in [7, 11) is 0. The molecule has 0 saturated heterocycles. The van der Waals surface area contributed by atoms with Gasteiger partial charge in [-0.15, -0.1) is 0 Å². The van der Waals surface area contributed by atoms with Crippen molar-refractivity contribution >= 4 is 0 Å². The fourth-order valence-corrected chi connectivity index (χ4v) is 2.16. The molecule has 0 aliphatic rings. The summed E-state index contributed by atoms with van der Waals surface area (Å²) in [6.07, 6.45) is -1.25. The van der Waals surface area contributed by atoms with Crippen LogP contribution in [-0.2, 0) is 5.41 Å². The Balaban J connectivity index is 2.42. The molecule has 1 atom stereocenters. The second-order valence-electron chi connectivity index (χ2n) is 5.27. The third-order valence-electron chi connectivity index (χ3n) is 3.55. The average Bonchev–Trinajstić information content (AvgIpc) is 2.41. The van der Waals surface area contributed by atoms with E-state index in [1.54, 1.807) is 13.8 Å². The Kier molecular flexibility index (Phi) is 3.86. The minimum Gasteiger partial charge on any atom is -0.387 e. The highest BCUT2D eigenvalue weighted by atomic mass is 19.2. The molecule has 0 fully saturated rings. The van der Waals surface area contributed by atoms with Gasteiger partial charge in [-0.3, -0.25) is 0 Å². The van der Waals surface area contributed by atoms with Crippen molar-refractivity contribution in [2.45, 2.75) is 25.4 Å². The van der Waals surface area contributed by atoms with Crippen molar-refractivity contribution in [2.24, 2.45) is 0 Å². The van der Waals surface area contributed by atoms with Crippen LogP contribution in [0.2, 0.25) is 0 Å². The van der Waals surface area contributed by atoms with Crippen molar-refractivity contribution in [2.75, 3.05) is 0 Å². The lowest BCUT2D eigenvalue weighted by Crippen LogP contribution is -2.27. The molecule has 2 aromatic carbocycles. The van der Waals surface area contributed by atoms with Gasteiger partial charge in [-0.25, -0.2) is 13.2 Å². The van der Waals surface area contributed by atoms with E-state index in [-0.39, 0.29) is 5.56 Å². The quantitative estimate of drug-likeness (QED) is 0.897. The zero-order chi connectivity index (χ0) is 14.9. The van der Waals surface area contributed by atoms with Gasteiger partial charge < -0.3 is 5.11 Å². The minimum atomic E-state index is -1.25. The second-order valence-corrected chi connectivity index (χ2v) is 5.27. The van der Waals surface area contributed by atoms with E-state index in [0.717, 1.165) is 6.07 Å². The highest BCUT2D eigenvalue weighted by molar-refractivity contribution is 5.31. The van der Waals surface area contributed by atoms with E-state index in [1.165, 1.54) is 36.4 Å². The molecule has 0 aliphatic carbocycles. The highest BCUT2D eigenvalue weighted by Gasteiger charge is 2.33. The van der Waals surface area contributed by atoms with Gasteiger partial charge in [0.2, 0.25) is 0 Å². The first kappa shape index (κ1) is 14.6. The van der Waals surface area contributed by atoms with Gasteiger partial charge >= 0.3 is 0 Å². The van der Waals surface area contributed by atoms with Gasteiger partial charge in [-0.05, 0) is 23.8 Å². The highest BCUT2D eigenvalue weighted by Crippen LogP contribution is 2.38. The summed E-state index contributed by atoms with van der Waals surface area (Å²) >= 11 is 0. The normalized spacial score (nSPS) is 13.3. The van der Waals surface area contributed by atoms with Crippen LogP contribution in [0.15, 0.2) is 42.5 Å². The summed E-state index contributed by atoms with van der Waals surface area (Å²) in [5, 5.41) is 10.4. The molecule has 4 heteroatoms. The molecule has 0 spiro atoms. The summed E-state index contributed by atoms with van der Waals surface area (Å²) < 4.78 is 40.0. The van der Waals surface area contributed by atoms with Crippen LogP contribution >= 0.6 is 0 Å². The topological polar surface area (TPSA) is 20.2 Å². The Morgan fingerprint density at radius 2 is 1.55 bits per heavy atom. The van der Waals surface area contributed by atoms with Crippen molar-refractivity contribution in [1.29, 1.82) is 0 Å². The number of aliphatic hydroxyl groups excluding tert-OH is 1. The smallest absolute Gasteiger partial charge is 0.164 e. The largest absolute Gasteiger partial charge is 0.387 e. The first-order chi connectivity index (χ1) is 9.34. The molecular weight excluding hydrogens is 265 g/mol. The zero-order valence-corrected chi connectivity index (χ0v) is 11.2. The van der Waals surface area contributed by atoms with Crippen LogP contribution in [0.25, 0.3) is 0 Å². The maximum atomic E-state index is 13.8. The summed E-state index contributed by atoms with van der Waals surface area (Å²) in [6, 6.07) is 9.27. The molecule has 0 heterocycles. The van der Waals surface area contributed by atoms with Gasteiger partial charge in [0.05, 0.1) is 6.10 Å².